The Bertz CT molecular complexity index is 1510. The van der Waals surface area contributed by atoms with Crippen molar-refractivity contribution < 1.29 is 9.53 Å². The molecule has 35 heavy (non-hydrogen) atoms. The van der Waals surface area contributed by atoms with Crippen LogP contribution in [0.1, 0.15) is 40.9 Å². The Labute approximate surface area is 203 Å². The number of aryl methyl sites for hydroxylation is 2. The summed E-state index contributed by atoms with van der Waals surface area (Å²) in [5.74, 6) is 3.29. The fourth-order valence-corrected chi connectivity index (χ4v) is 4.60. The summed E-state index contributed by atoms with van der Waals surface area (Å²) in [6, 6.07) is 7.66. The number of ether oxygens (including phenoxy) is 1. The van der Waals surface area contributed by atoms with Gasteiger partial charge in [0.1, 0.15) is 29.2 Å². The Kier molecular flexibility index (Phi) is 5.61. The molecule has 0 aliphatic heterocycles. The SMILES string of the molecule is C#Cc1cc(C)c(-c2c(-c3ccc(C(=O)NC4CCC4)c(OC)c3)c3c(N)ncnc3n2C)cn1. The number of fused-ring (bicyclic) bond motifs is 1. The lowest BCUT2D eigenvalue weighted by Crippen LogP contribution is -2.39. The molecule has 8 heteroatoms. The minimum atomic E-state index is -0.135. The van der Waals surface area contributed by atoms with Crippen molar-refractivity contribution in [3.8, 4) is 40.5 Å². The number of nitrogens with two attached hydrogens (primary N) is 1. The van der Waals surface area contributed by atoms with Crippen molar-refractivity contribution in [2.45, 2.75) is 32.2 Å². The third kappa shape index (κ3) is 3.75. The molecule has 0 bridgehead atoms. The lowest BCUT2D eigenvalue weighted by atomic mass is 9.92. The molecule has 1 aromatic carbocycles. The Morgan fingerprint density at radius 3 is 2.71 bits per heavy atom. The molecule has 0 radical (unpaired) electrons. The first-order valence-electron chi connectivity index (χ1n) is 11.4. The summed E-state index contributed by atoms with van der Waals surface area (Å²) in [5, 5.41) is 3.80. The molecule has 0 unspecified atom stereocenters. The van der Waals surface area contributed by atoms with Crippen LogP contribution in [0.15, 0.2) is 36.8 Å². The molecular weight excluding hydrogens is 440 g/mol. The van der Waals surface area contributed by atoms with Crippen molar-refractivity contribution in [1.29, 1.82) is 0 Å². The van der Waals surface area contributed by atoms with Crippen molar-refractivity contribution >= 4 is 22.8 Å². The van der Waals surface area contributed by atoms with E-state index in [-0.39, 0.29) is 11.9 Å². The highest BCUT2D eigenvalue weighted by atomic mass is 16.5. The third-order valence-electron chi connectivity index (χ3n) is 6.69. The van der Waals surface area contributed by atoms with Gasteiger partial charge in [0.15, 0.2) is 0 Å². The average molecular weight is 467 g/mol. The molecule has 1 fully saturated rings. The van der Waals surface area contributed by atoms with Gasteiger partial charge >= 0.3 is 0 Å². The van der Waals surface area contributed by atoms with Gasteiger partial charge in [0, 0.05) is 30.4 Å². The molecule has 5 rings (SSSR count). The Hall–Kier alpha value is -4.38. The minimum Gasteiger partial charge on any atom is -0.496 e. The van der Waals surface area contributed by atoms with Gasteiger partial charge in [-0.25, -0.2) is 15.0 Å². The van der Waals surface area contributed by atoms with E-state index >= 15 is 0 Å². The Balaban J connectivity index is 1.72. The second-order valence-electron chi connectivity index (χ2n) is 8.79. The molecule has 8 nitrogen and oxygen atoms in total. The van der Waals surface area contributed by atoms with E-state index in [1.807, 2.05) is 36.7 Å². The van der Waals surface area contributed by atoms with Gasteiger partial charge in [-0.2, -0.15) is 0 Å². The number of benzene rings is 1. The van der Waals surface area contributed by atoms with Crippen LogP contribution in [-0.4, -0.2) is 38.6 Å². The maximum absolute atomic E-state index is 12.9. The molecule has 0 saturated heterocycles. The van der Waals surface area contributed by atoms with Gasteiger partial charge in [0.05, 0.1) is 23.8 Å². The second kappa shape index (κ2) is 8.76. The van der Waals surface area contributed by atoms with E-state index in [4.69, 9.17) is 16.9 Å². The number of pyridine rings is 1. The Morgan fingerprint density at radius 2 is 2.06 bits per heavy atom. The molecule has 1 saturated carbocycles. The van der Waals surface area contributed by atoms with Crippen molar-refractivity contribution in [1.82, 2.24) is 24.8 Å². The zero-order valence-corrected chi connectivity index (χ0v) is 19.9. The monoisotopic (exact) mass is 466 g/mol. The molecule has 3 aromatic heterocycles. The van der Waals surface area contributed by atoms with Crippen LogP contribution >= 0.6 is 0 Å². The summed E-state index contributed by atoms with van der Waals surface area (Å²) in [4.78, 5) is 26.0. The summed E-state index contributed by atoms with van der Waals surface area (Å²) < 4.78 is 7.62. The first kappa shape index (κ1) is 22.4. The van der Waals surface area contributed by atoms with E-state index in [0.717, 1.165) is 52.6 Å². The number of aromatic nitrogens is 4. The molecule has 1 amide bonds. The van der Waals surface area contributed by atoms with Crippen LogP contribution in [-0.2, 0) is 7.05 Å². The molecule has 0 atom stereocenters. The number of carbonyl (C=O) groups excluding carboxylic acids is 1. The van der Waals surface area contributed by atoms with Gasteiger partial charge in [-0.15, -0.1) is 6.42 Å². The number of nitrogens with one attached hydrogen (secondary N) is 1. The van der Waals surface area contributed by atoms with Crippen LogP contribution in [0.25, 0.3) is 33.4 Å². The summed E-state index contributed by atoms with van der Waals surface area (Å²) in [6.45, 7) is 1.99. The summed E-state index contributed by atoms with van der Waals surface area (Å²) in [7, 11) is 3.49. The predicted octanol–water partition coefficient (Wildman–Crippen LogP) is 3.86. The van der Waals surface area contributed by atoms with E-state index in [1.54, 1.807) is 19.4 Å². The van der Waals surface area contributed by atoms with Gasteiger partial charge in [-0.1, -0.05) is 12.0 Å². The van der Waals surface area contributed by atoms with Gasteiger partial charge in [-0.3, -0.25) is 4.79 Å². The normalized spacial score (nSPS) is 13.3. The zero-order valence-electron chi connectivity index (χ0n) is 19.9. The molecule has 4 aromatic rings. The molecular formula is C27H26N6O2. The fourth-order valence-electron chi connectivity index (χ4n) is 4.60. The number of anilines is 1. The quantitative estimate of drug-likeness (QED) is 0.433. The molecule has 3 N–H and O–H groups in total. The van der Waals surface area contributed by atoms with Gasteiger partial charge in [-0.05, 0) is 55.5 Å². The van der Waals surface area contributed by atoms with E-state index in [2.05, 4.69) is 26.2 Å². The molecule has 176 valence electrons. The number of terminal acetylenes is 1. The van der Waals surface area contributed by atoms with Gasteiger partial charge in [0.25, 0.3) is 5.91 Å². The van der Waals surface area contributed by atoms with Gasteiger partial charge in [0.2, 0.25) is 0 Å². The number of carbonyl (C=O) groups is 1. The number of hydrogen-bond acceptors (Lipinski definition) is 6. The molecule has 1 aliphatic rings. The summed E-state index contributed by atoms with van der Waals surface area (Å²) in [5.41, 5.74) is 12.5. The second-order valence-corrected chi connectivity index (χ2v) is 8.79. The van der Waals surface area contributed by atoms with Crippen LogP contribution in [0.4, 0.5) is 5.82 Å². The van der Waals surface area contributed by atoms with Crippen molar-refractivity contribution in [2.75, 3.05) is 12.8 Å². The van der Waals surface area contributed by atoms with Crippen LogP contribution in [0, 0.1) is 19.3 Å². The van der Waals surface area contributed by atoms with Crippen LogP contribution in [0.3, 0.4) is 0 Å². The first-order chi connectivity index (χ1) is 16.9. The smallest absolute Gasteiger partial charge is 0.255 e. The lowest BCUT2D eigenvalue weighted by molar-refractivity contribution is 0.0914. The number of methoxy groups -OCH3 is 1. The fraction of sp³-hybridized carbons (Fsp3) is 0.259. The van der Waals surface area contributed by atoms with Gasteiger partial charge < -0.3 is 20.4 Å². The van der Waals surface area contributed by atoms with Crippen LogP contribution in [0.2, 0.25) is 0 Å². The average Bonchev–Trinajstić information content (AvgIpc) is 3.14. The Morgan fingerprint density at radius 1 is 1.26 bits per heavy atom. The van der Waals surface area contributed by atoms with E-state index in [1.165, 1.54) is 6.33 Å². The number of nitrogen functional groups attached to an aromatic ring is 1. The standard InChI is InChI=1S/C27H26N6O2/c1-5-17-11-15(2)20(13-29-17)24-22(23-25(28)30-14-31-26(23)33(24)3)16-9-10-19(21(12-16)35-4)27(34)32-18-7-6-8-18/h1,9-14,18H,6-8H2,2-4H3,(H,32,34)(H2,28,30,31). The highest BCUT2D eigenvalue weighted by molar-refractivity contribution is 6.08. The van der Waals surface area contributed by atoms with E-state index in [9.17, 15) is 4.79 Å². The van der Waals surface area contributed by atoms with Crippen LogP contribution in [0.5, 0.6) is 5.75 Å². The first-order valence-corrected chi connectivity index (χ1v) is 11.4. The van der Waals surface area contributed by atoms with E-state index in [0.29, 0.717) is 28.5 Å². The molecule has 3 heterocycles. The topological polar surface area (TPSA) is 108 Å². The summed E-state index contributed by atoms with van der Waals surface area (Å²) >= 11 is 0. The minimum absolute atomic E-state index is 0.135. The van der Waals surface area contributed by atoms with E-state index < -0.39 is 0 Å². The number of hydrogen-bond donors (Lipinski definition) is 2. The highest BCUT2D eigenvalue weighted by Crippen LogP contribution is 2.43. The molecule has 0 spiro atoms. The molecule has 1 aliphatic carbocycles. The highest BCUT2D eigenvalue weighted by Gasteiger charge is 2.26. The summed E-state index contributed by atoms with van der Waals surface area (Å²) in [6.07, 6.45) is 11.9. The lowest BCUT2D eigenvalue weighted by Gasteiger charge is -2.26. The third-order valence-corrected chi connectivity index (χ3v) is 6.69. The zero-order chi connectivity index (χ0) is 24.7. The maximum atomic E-state index is 12.9. The van der Waals surface area contributed by atoms with Crippen molar-refractivity contribution in [2.24, 2.45) is 7.05 Å². The van der Waals surface area contributed by atoms with Crippen LogP contribution < -0.4 is 15.8 Å². The number of nitrogens with zero attached hydrogens (tertiary/aromatic N) is 4. The predicted molar refractivity (Wildman–Crippen MR) is 136 cm³/mol. The van der Waals surface area contributed by atoms with Crippen molar-refractivity contribution in [3.05, 3.63) is 53.6 Å². The van der Waals surface area contributed by atoms with Crippen molar-refractivity contribution in [3.63, 3.8) is 0 Å². The number of rotatable bonds is 5. The number of amides is 1. The maximum Gasteiger partial charge on any atom is 0.255 e. The largest absolute Gasteiger partial charge is 0.496 e.